The van der Waals surface area contributed by atoms with E-state index >= 15 is 0 Å². The van der Waals surface area contributed by atoms with Crippen LogP contribution in [0.5, 0.6) is 0 Å². The number of Topliss-reactive ketones (excluding diaryl/α,β-unsaturated/α-hetero) is 1. The third-order valence-corrected chi connectivity index (χ3v) is 9.97. The van der Waals surface area contributed by atoms with Gasteiger partial charge in [0, 0.05) is 30.9 Å². The van der Waals surface area contributed by atoms with Gasteiger partial charge in [-0.15, -0.1) is 0 Å². The molecule has 3 aliphatic heterocycles. The van der Waals surface area contributed by atoms with Crippen molar-refractivity contribution < 1.29 is 42.6 Å². The molecule has 1 saturated carbocycles. The van der Waals surface area contributed by atoms with Crippen molar-refractivity contribution in [1.82, 2.24) is 9.80 Å². The van der Waals surface area contributed by atoms with Gasteiger partial charge in [0.2, 0.25) is 5.91 Å². The number of hydrogen-bond acceptors (Lipinski definition) is 8. The lowest BCUT2D eigenvalue weighted by Gasteiger charge is -2.29. The summed E-state index contributed by atoms with van der Waals surface area (Å²) in [5.74, 6) is -2.56. The molecule has 1 aromatic carbocycles. The van der Waals surface area contributed by atoms with Crippen LogP contribution in [-0.2, 0) is 46.5 Å². The molecule has 3 heterocycles. The minimum atomic E-state index is -0.924. The maximum absolute atomic E-state index is 14.3. The molecule has 11 heteroatoms. The second-order valence-electron chi connectivity index (χ2n) is 14.5. The lowest BCUT2D eigenvalue weighted by Crippen LogP contribution is -2.45. The number of amides is 2. The average Bonchev–Trinajstić information content (AvgIpc) is 3.29. The number of benzene rings is 1. The Labute approximate surface area is 270 Å². The van der Waals surface area contributed by atoms with Crippen LogP contribution >= 0.6 is 0 Å². The highest BCUT2D eigenvalue weighted by atomic mass is 19.1. The molecule has 2 amide bonds. The summed E-state index contributed by atoms with van der Waals surface area (Å²) in [6.45, 7) is 5.56. The lowest BCUT2D eigenvalue weighted by molar-refractivity contribution is -0.159. The highest BCUT2D eigenvalue weighted by Crippen LogP contribution is 2.59. The van der Waals surface area contributed by atoms with Crippen molar-refractivity contribution in [2.75, 3.05) is 13.7 Å². The third-order valence-electron chi connectivity index (χ3n) is 9.97. The zero-order valence-corrected chi connectivity index (χ0v) is 27.5. The number of halogens is 1. The van der Waals surface area contributed by atoms with E-state index in [-0.39, 0.29) is 62.3 Å². The molecule has 0 spiro atoms. The van der Waals surface area contributed by atoms with E-state index in [4.69, 9.17) is 14.2 Å². The second kappa shape index (κ2) is 13.7. The van der Waals surface area contributed by atoms with Gasteiger partial charge in [-0.05, 0) is 57.6 Å². The fraction of sp³-hybridized carbons (Fsp3) is 0.686. The van der Waals surface area contributed by atoms with Crippen molar-refractivity contribution in [2.45, 2.75) is 122 Å². The predicted octanol–water partition coefficient (Wildman–Crippen LogP) is 5.48. The number of esters is 2. The van der Waals surface area contributed by atoms with E-state index in [0.717, 1.165) is 38.5 Å². The van der Waals surface area contributed by atoms with E-state index in [1.54, 1.807) is 32.9 Å². The van der Waals surface area contributed by atoms with Crippen molar-refractivity contribution >= 4 is 29.7 Å². The van der Waals surface area contributed by atoms with E-state index in [1.807, 2.05) is 0 Å². The Kier molecular flexibility index (Phi) is 10.1. The number of carbonyl (C=O) groups excluding carboxylic acids is 5. The van der Waals surface area contributed by atoms with E-state index in [9.17, 15) is 28.4 Å². The summed E-state index contributed by atoms with van der Waals surface area (Å²) in [5, 5.41) is 0. The van der Waals surface area contributed by atoms with Gasteiger partial charge in [-0.25, -0.2) is 9.18 Å². The standard InChI is InChI=1S/C35H47FN2O8/c1-34(2,3)46-30(40)15-22-11-8-6-5-7-9-13-24-17-35(24,32(42)44-4)18-29(39)28-16-25(20-38(28)31(22)41)45-33(43)37-19-23-12-10-14-27(36)26(23)21-37/h10,12,14,22,24-25,28H,5-9,11,13,15-21H2,1-4H3/t22-,24-,25-,28+,35-/m1/s1. The van der Waals surface area contributed by atoms with Crippen LogP contribution in [0, 0.1) is 23.1 Å². The molecule has 5 atom stereocenters. The van der Waals surface area contributed by atoms with Crippen LogP contribution in [0.1, 0.15) is 103 Å². The fourth-order valence-electron chi connectivity index (χ4n) is 7.53. The van der Waals surface area contributed by atoms with Gasteiger partial charge in [-0.1, -0.05) is 44.2 Å². The normalized spacial score (nSPS) is 28.7. The number of carbonyl (C=O) groups is 5. The Morgan fingerprint density at radius 2 is 1.74 bits per heavy atom. The van der Waals surface area contributed by atoms with Crippen LogP contribution in [0.15, 0.2) is 18.2 Å². The van der Waals surface area contributed by atoms with Crippen LogP contribution in [0.3, 0.4) is 0 Å². The van der Waals surface area contributed by atoms with Gasteiger partial charge in [0.15, 0.2) is 5.78 Å². The van der Waals surface area contributed by atoms with E-state index in [2.05, 4.69) is 0 Å². The predicted molar refractivity (Wildman–Crippen MR) is 164 cm³/mol. The number of fused-ring (bicyclic) bond motifs is 3. The maximum atomic E-state index is 14.3. The molecule has 5 rings (SSSR count). The molecule has 0 unspecified atom stereocenters. The second-order valence-corrected chi connectivity index (χ2v) is 14.5. The highest BCUT2D eigenvalue weighted by molar-refractivity contribution is 5.95. The van der Waals surface area contributed by atoms with Crippen molar-refractivity contribution in [2.24, 2.45) is 17.3 Å². The van der Waals surface area contributed by atoms with E-state index < -0.39 is 47.1 Å². The Morgan fingerprint density at radius 3 is 2.43 bits per heavy atom. The average molecular weight is 643 g/mol. The van der Waals surface area contributed by atoms with Gasteiger partial charge >= 0.3 is 18.0 Å². The number of methoxy groups -OCH3 is 1. The fourth-order valence-corrected chi connectivity index (χ4v) is 7.53. The first kappa shape index (κ1) is 33.9. The van der Waals surface area contributed by atoms with Gasteiger partial charge in [0.25, 0.3) is 0 Å². The van der Waals surface area contributed by atoms with Gasteiger partial charge < -0.3 is 19.1 Å². The van der Waals surface area contributed by atoms with Gasteiger partial charge in [0.05, 0.1) is 38.1 Å². The van der Waals surface area contributed by atoms with Crippen molar-refractivity contribution in [3.63, 3.8) is 0 Å². The first-order valence-electron chi connectivity index (χ1n) is 16.7. The maximum Gasteiger partial charge on any atom is 0.410 e. The third kappa shape index (κ3) is 7.55. The summed E-state index contributed by atoms with van der Waals surface area (Å²) in [7, 11) is 1.33. The largest absolute Gasteiger partial charge is 0.469 e. The summed E-state index contributed by atoms with van der Waals surface area (Å²) in [6.07, 6.45) is 4.86. The molecule has 1 aliphatic carbocycles. The van der Waals surface area contributed by atoms with E-state index in [1.165, 1.54) is 23.0 Å². The quantitative estimate of drug-likeness (QED) is 0.313. The Bertz CT molecular complexity index is 1360. The smallest absolute Gasteiger partial charge is 0.410 e. The zero-order chi connectivity index (χ0) is 33.2. The number of nitrogens with zero attached hydrogens (tertiary/aromatic N) is 2. The van der Waals surface area contributed by atoms with Crippen LogP contribution in [0.25, 0.3) is 0 Å². The molecule has 0 aromatic heterocycles. The topological polar surface area (TPSA) is 120 Å². The number of ether oxygens (including phenoxy) is 3. The SMILES string of the molecule is COC(=O)[C@]12CC(=O)[C@@H]3C[C@@H](OC(=O)N4Cc5cccc(F)c5C4)CN3C(=O)[C@@H](CC(=O)OC(C)(C)C)CCCCCCC[C@@H]1C2. The summed E-state index contributed by atoms with van der Waals surface area (Å²) in [6, 6.07) is 3.80. The van der Waals surface area contributed by atoms with Crippen LogP contribution in [0.2, 0.25) is 0 Å². The molecule has 10 nitrogen and oxygen atoms in total. The van der Waals surface area contributed by atoms with Gasteiger partial charge in [-0.3, -0.25) is 24.1 Å². The molecular formula is C35H47FN2O8. The van der Waals surface area contributed by atoms with Crippen molar-refractivity contribution in [3.05, 3.63) is 35.1 Å². The Morgan fingerprint density at radius 1 is 1.02 bits per heavy atom. The highest BCUT2D eigenvalue weighted by Gasteiger charge is 2.62. The number of ketones is 1. The van der Waals surface area contributed by atoms with Gasteiger partial charge in [0.1, 0.15) is 17.5 Å². The molecule has 2 saturated heterocycles. The molecule has 3 fully saturated rings. The molecule has 0 radical (unpaired) electrons. The summed E-state index contributed by atoms with van der Waals surface area (Å²) >= 11 is 0. The molecule has 252 valence electrons. The van der Waals surface area contributed by atoms with Gasteiger partial charge in [-0.2, -0.15) is 0 Å². The van der Waals surface area contributed by atoms with Crippen molar-refractivity contribution in [3.8, 4) is 0 Å². The van der Waals surface area contributed by atoms with Crippen LogP contribution < -0.4 is 0 Å². The first-order chi connectivity index (χ1) is 21.8. The summed E-state index contributed by atoms with van der Waals surface area (Å²) in [5.41, 5.74) is -0.469. The number of rotatable bonds is 4. The van der Waals surface area contributed by atoms with Crippen molar-refractivity contribution in [1.29, 1.82) is 0 Å². The lowest BCUT2D eigenvalue weighted by atomic mass is 9.90. The molecule has 46 heavy (non-hydrogen) atoms. The minimum Gasteiger partial charge on any atom is -0.469 e. The molecule has 0 bridgehead atoms. The zero-order valence-electron chi connectivity index (χ0n) is 27.5. The summed E-state index contributed by atoms with van der Waals surface area (Å²) in [4.78, 5) is 70.3. The van der Waals surface area contributed by atoms with E-state index in [0.29, 0.717) is 24.0 Å². The molecule has 0 N–H and O–H groups in total. The molecule has 1 aromatic rings. The monoisotopic (exact) mass is 642 g/mol. The molecule has 4 aliphatic rings. The van der Waals surface area contributed by atoms with Crippen LogP contribution in [-0.4, -0.2) is 70.9 Å². The van der Waals surface area contributed by atoms with Crippen LogP contribution in [0.4, 0.5) is 9.18 Å². The Balaban J connectivity index is 1.37. The Hall–Kier alpha value is -3.50. The number of hydrogen-bond donors (Lipinski definition) is 0. The first-order valence-corrected chi connectivity index (χ1v) is 16.7. The molecular weight excluding hydrogens is 595 g/mol. The summed E-state index contributed by atoms with van der Waals surface area (Å²) < 4.78 is 30.9. The minimum absolute atomic E-state index is 0.0183.